The molecule has 0 nitrogen and oxygen atoms in total. The Bertz CT molecular complexity index is 59.4. The largest absolute Gasteiger partial charge is 1.00 e. The zero-order valence-electron chi connectivity index (χ0n) is 5.54. The van der Waals surface area contributed by atoms with Crippen LogP contribution in [0.3, 0.4) is 0 Å². The Kier molecular flexibility index (Phi) is 22.0. The summed E-state index contributed by atoms with van der Waals surface area (Å²) in [5.74, 6) is 0. The molecule has 0 radical (unpaired) electrons. The van der Waals surface area contributed by atoms with Gasteiger partial charge < -0.3 is 12.4 Å². The summed E-state index contributed by atoms with van der Waals surface area (Å²) < 4.78 is 0. The number of alkyl halides is 1. The van der Waals surface area contributed by atoms with Crippen LogP contribution in [0.1, 0.15) is 13.8 Å². The SMILES string of the molecule is CC(C)=CCBr.[Cl-].[Li+]. The Morgan fingerprint density at radius 1 is 1.50 bits per heavy atom. The van der Waals surface area contributed by atoms with Crippen LogP contribution in [0.2, 0.25) is 0 Å². The van der Waals surface area contributed by atoms with Gasteiger partial charge in [-0.15, -0.1) is 0 Å². The Labute approximate surface area is 77.8 Å². The molecule has 0 aliphatic carbocycles. The van der Waals surface area contributed by atoms with Crippen LogP contribution in [0.15, 0.2) is 11.6 Å². The number of allylic oxidation sites excluding steroid dienone is 2. The van der Waals surface area contributed by atoms with E-state index in [1.165, 1.54) is 5.57 Å². The summed E-state index contributed by atoms with van der Waals surface area (Å²) >= 11 is 3.27. The van der Waals surface area contributed by atoms with E-state index in [9.17, 15) is 0 Å². The molecule has 0 aromatic heterocycles. The smallest absolute Gasteiger partial charge is 1.00 e. The van der Waals surface area contributed by atoms with Crippen LogP contribution in [-0.4, -0.2) is 5.33 Å². The fourth-order valence-corrected chi connectivity index (χ4v) is 0.802. The maximum atomic E-state index is 3.27. The minimum absolute atomic E-state index is 0. The fraction of sp³-hybridized carbons (Fsp3) is 0.600. The third-order valence-electron chi connectivity index (χ3n) is 0.485. The summed E-state index contributed by atoms with van der Waals surface area (Å²) in [7, 11) is 0. The van der Waals surface area contributed by atoms with Crippen molar-refractivity contribution in [2.24, 2.45) is 0 Å². The van der Waals surface area contributed by atoms with Gasteiger partial charge in [-0.05, 0) is 13.8 Å². The predicted molar refractivity (Wildman–Crippen MR) is 33.2 cm³/mol. The van der Waals surface area contributed by atoms with E-state index in [2.05, 4.69) is 35.9 Å². The van der Waals surface area contributed by atoms with E-state index < -0.39 is 0 Å². The second-order valence-electron chi connectivity index (χ2n) is 1.44. The van der Waals surface area contributed by atoms with E-state index in [1.807, 2.05) is 0 Å². The first-order valence-electron chi connectivity index (χ1n) is 1.96. The van der Waals surface area contributed by atoms with Crippen LogP contribution < -0.4 is 31.3 Å². The van der Waals surface area contributed by atoms with Gasteiger partial charge in [0.15, 0.2) is 0 Å². The van der Waals surface area contributed by atoms with Gasteiger partial charge >= 0.3 is 18.9 Å². The molecule has 0 aliphatic heterocycles. The molecule has 0 heterocycles. The molecular formula is C5H9BrClLi. The standard InChI is InChI=1S/C5H9Br.ClH.Li/c1-5(2)3-4-6;;/h3H,4H2,1-2H3;1H;/q;;+1/p-1. The molecule has 44 valence electrons. The summed E-state index contributed by atoms with van der Waals surface area (Å²) in [5, 5.41) is 0.981. The van der Waals surface area contributed by atoms with Crippen LogP contribution in [-0.2, 0) is 0 Å². The summed E-state index contributed by atoms with van der Waals surface area (Å²) in [6.07, 6.45) is 2.12. The topological polar surface area (TPSA) is 0 Å². The monoisotopic (exact) mass is 190 g/mol. The minimum Gasteiger partial charge on any atom is -1.00 e. The fourth-order valence-electron chi connectivity index (χ4n) is 0.154. The third kappa shape index (κ3) is 15.7. The van der Waals surface area contributed by atoms with Crippen molar-refractivity contribution >= 4 is 15.9 Å². The van der Waals surface area contributed by atoms with Crippen molar-refractivity contribution in [2.75, 3.05) is 5.33 Å². The first-order valence-corrected chi connectivity index (χ1v) is 3.09. The van der Waals surface area contributed by atoms with Crippen molar-refractivity contribution in [2.45, 2.75) is 13.8 Å². The number of hydrogen-bond donors (Lipinski definition) is 0. The molecule has 0 N–H and O–H groups in total. The van der Waals surface area contributed by atoms with Crippen LogP contribution >= 0.6 is 15.9 Å². The van der Waals surface area contributed by atoms with Crippen LogP contribution in [0, 0.1) is 0 Å². The molecule has 0 fully saturated rings. The summed E-state index contributed by atoms with van der Waals surface area (Å²) in [4.78, 5) is 0. The van der Waals surface area contributed by atoms with Gasteiger partial charge in [-0.1, -0.05) is 27.6 Å². The molecule has 0 unspecified atom stereocenters. The second-order valence-corrected chi connectivity index (χ2v) is 2.08. The van der Waals surface area contributed by atoms with Crippen LogP contribution in [0.4, 0.5) is 0 Å². The molecule has 0 rings (SSSR count). The normalized spacial score (nSPS) is 5.88. The molecule has 0 saturated carbocycles. The van der Waals surface area contributed by atoms with Gasteiger partial charge in [0.2, 0.25) is 0 Å². The molecule has 0 amide bonds. The van der Waals surface area contributed by atoms with Crippen molar-refractivity contribution in [3.63, 3.8) is 0 Å². The molecule has 0 bridgehead atoms. The van der Waals surface area contributed by atoms with Gasteiger partial charge in [0, 0.05) is 5.33 Å². The van der Waals surface area contributed by atoms with E-state index in [-0.39, 0.29) is 31.3 Å². The third-order valence-corrected chi connectivity index (χ3v) is 0.809. The molecule has 0 aromatic rings. The Morgan fingerprint density at radius 2 is 1.88 bits per heavy atom. The Hall–Kier alpha value is 1.11. The predicted octanol–water partition coefficient (Wildman–Crippen LogP) is -3.64. The molecule has 3 heteroatoms. The van der Waals surface area contributed by atoms with E-state index in [1.54, 1.807) is 0 Å². The molecule has 0 saturated heterocycles. The number of hydrogen-bond acceptors (Lipinski definition) is 0. The van der Waals surface area contributed by atoms with Crippen LogP contribution in [0.25, 0.3) is 0 Å². The average Bonchev–Trinajstić information content (AvgIpc) is 1.35. The summed E-state index contributed by atoms with van der Waals surface area (Å²) in [6.45, 7) is 4.17. The summed E-state index contributed by atoms with van der Waals surface area (Å²) in [5.41, 5.74) is 1.37. The molecule has 0 aliphatic rings. The average molecular weight is 191 g/mol. The molecule has 0 atom stereocenters. The number of rotatable bonds is 1. The Morgan fingerprint density at radius 3 is 1.88 bits per heavy atom. The van der Waals surface area contributed by atoms with Gasteiger partial charge in [-0.25, -0.2) is 0 Å². The molecular weight excluding hydrogens is 182 g/mol. The van der Waals surface area contributed by atoms with Crippen molar-refractivity contribution in [1.82, 2.24) is 0 Å². The van der Waals surface area contributed by atoms with Gasteiger partial charge in [0.05, 0.1) is 0 Å². The second kappa shape index (κ2) is 11.0. The Balaban J connectivity index is -0.000000125. The zero-order chi connectivity index (χ0) is 4.99. The van der Waals surface area contributed by atoms with Gasteiger partial charge in [0.25, 0.3) is 0 Å². The van der Waals surface area contributed by atoms with Crippen molar-refractivity contribution < 1.29 is 31.3 Å². The zero-order valence-corrected chi connectivity index (χ0v) is 7.88. The van der Waals surface area contributed by atoms with Crippen molar-refractivity contribution in [3.8, 4) is 0 Å². The molecule has 0 aromatic carbocycles. The maximum Gasteiger partial charge on any atom is 1.00 e. The van der Waals surface area contributed by atoms with Gasteiger partial charge in [0.1, 0.15) is 0 Å². The van der Waals surface area contributed by atoms with Crippen molar-refractivity contribution in [3.05, 3.63) is 11.6 Å². The summed E-state index contributed by atoms with van der Waals surface area (Å²) in [6, 6.07) is 0. The van der Waals surface area contributed by atoms with Gasteiger partial charge in [-0.3, -0.25) is 0 Å². The molecule has 0 spiro atoms. The number of halogens is 2. The molecule has 8 heavy (non-hydrogen) atoms. The quantitative estimate of drug-likeness (QED) is 0.228. The van der Waals surface area contributed by atoms with E-state index in [4.69, 9.17) is 0 Å². The van der Waals surface area contributed by atoms with E-state index in [0.717, 1.165) is 5.33 Å². The maximum absolute atomic E-state index is 3.27. The van der Waals surface area contributed by atoms with Gasteiger partial charge in [-0.2, -0.15) is 0 Å². The minimum atomic E-state index is 0. The first-order chi connectivity index (χ1) is 2.77. The van der Waals surface area contributed by atoms with E-state index >= 15 is 0 Å². The van der Waals surface area contributed by atoms with Crippen LogP contribution in [0.5, 0.6) is 0 Å². The van der Waals surface area contributed by atoms with Crippen molar-refractivity contribution in [1.29, 1.82) is 0 Å². The van der Waals surface area contributed by atoms with E-state index in [0.29, 0.717) is 0 Å². The first kappa shape index (κ1) is 16.0.